The molecule has 0 heterocycles. The standard InChI is InChI=1S/C26H23ClN2O3/c1-3-31-24-15-19(13-21(16-28)26(30)29-22-11-5-4-6-12-22)14-23(27)25(24)32-17-20-10-8-7-9-18(20)2/h4-15H,3,17H2,1-2H3,(H,29,30)/b21-13+. The van der Waals surface area contributed by atoms with Crippen molar-refractivity contribution in [1.29, 1.82) is 5.26 Å². The van der Waals surface area contributed by atoms with Gasteiger partial charge in [-0.3, -0.25) is 4.79 Å². The SMILES string of the molecule is CCOc1cc(/C=C(\C#N)C(=O)Nc2ccccc2)cc(Cl)c1OCc1ccccc1C. The highest BCUT2D eigenvalue weighted by molar-refractivity contribution is 6.32. The van der Waals surface area contributed by atoms with Crippen molar-refractivity contribution in [3.63, 3.8) is 0 Å². The van der Waals surface area contributed by atoms with Gasteiger partial charge in [0.15, 0.2) is 11.5 Å². The molecule has 1 N–H and O–H groups in total. The number of hydrogen-bond donors (Lipinski definition) is 1. The van der Waals surface area contributed by atoms with Crippen LogP contribution in [0.1, 0.15) is 23.6 Å². The molecule has 5 nitrogen and oxygen atoms in total. The maximum atomic E-state index is 12.5. The third-order valence-corrected chi connectivity index (χ3v) is 4.95. The number of amides is 1. The average molecular weight is 447 g/mol. The van der Waals surface area contributed by atoms with Crippen molar-refractivity contribution in [3.8, 4) is 17.6 Å². The Bertz CT molecular complexity index is 1170. The molecular weight excluding hydrogens is 424 g/mol. The summed E-state index contributed by atoms with van der Waals surface area (Å²) in [6.45, 7) is 4.62. The maximum absolute atomic E-state index is 12.5. The quantitative estimate of drug-likeness (QED) is 0.331. The number of rotatable bonds is 8. The second-order valence-electron chi connectivity index (χ2n) is 6.97. The van der Waals surface area contributed by atoms with Gasteiger partial charge in [0.1, 0.15) is 18.2 Å². The van der Waals surface area contributed by atoms with Gasteiger partial charge in [0.25, 0.3) is 5.91 Å². The van der Waals surface area contributed by atoms with Crippen molar-refractivity contribution in [2.45, 2.75) is 20.5 Å². The summed E-state index contributed by atoms with van der Waals surface area (Å²) in [4.78, 5) is 12.5. The second kappa shape index (κ2) is 11.0. The first-order chi connectivity index (χ1) is 15.5. The smallest absolute Gasteiger partial charge is 0.266 e. The van der Waals surface area contributed by atoms with E-state index in [2.05, 4.69) is 5.32 Å². The number of hydrogen-bond acceptors (Lipinski definition) is 4. The second-order valence-corrected chi connectivity index (χ2v) is 7.38. The van der Waals surface area contributed by atoms with E-state index >= 15 is 0 Å². The van der Waals surface area contributed by atoms with Crippen LogP contribution in [0.4, 0.5) is 5.69 Å². The van der Waals surface area contributed by atoms with Gasteiger partial charge >= 0.3 is 0 Å². The number of carbonyl (C=O) groups excluding carboxylic acids is 1. The van der Waals surface area contributed by atoms with E-state index in [-0.39, 0.29) is 5.57 Å². The summed E-state index contributed by atoms with van der Waals surface area (Å²) in [5.41, 5.74) is 3.26. The van der Waals surface area contributed by atoms with Gasteiger partial charge in [0, 0.05) is 5.69 Å². The third kappa shape index (κ3) is 5.90. The Labute approximate surface area is 192 Å². The van der Waals surface area contributed by atoms with E-state index in [1.165, 1.54) is 6.08 Å². The fourth-order valence-electron chi connectivity index (χ4n) is 3.03. The van der Waals surface area contributed by atoms with E-state index in [0.29, 0.717) is 41.0 Å². The number of nitrogens with zero attached hydrogens (tertiary/aromatic N) is 1. The zero-order chi connectivity index (χ0) is 22.9. The Balaban J connectivity index is 1.86. The zero-order valence-electron chi connectivity index (χ0n) is 17.9. The first-order valence-corrected chi connectivity index (χ1v) is 10.5. The summed E-state index contributed by atoms with van der Waals surface area (Å²) >= 11 is 6.49. The molecule has 0 saturated heterocycles. The normalized spacial score (nSPS) is 10.9. The molecule has 0 atom stereocenters. The van der Waals surface area contributed by atoms with Gasteiger partial charge in [-0.1, -0.05) is 54.1 Å². The molecule has 0 saturated carbocycles. The first kappa shape index (κ1) is 22.9. The highest BCUT2D eigenvalue weighted by Gasteiger charge is 2.15. The van der Waals surface area contributed by atoms with E-state index in [4.69, 9.17) is 21.1 Å². The van der Waals surface area contributed by atoms with Crippen LogP contribution in [0.3, 0.4) is 0 Å². The van der Waals surface area contributed by atoms with Crippen LogP contribution in [0, 0.1) is 18.3 Å². The van der Waals surface area contributed by atoms with Crippen molar-refractivity contribution in [2.75, 3.05) is 11.9 Å². The third-order valence-electron chi connectivity index (χ3n) is 4.67. The van der Waals surface area contributed by atoms with Crippen LogP contribution in [-0.4, -0.2) is 12.5 Å². The number of nitriles is 1. The van der Waals surface area contributed by atoms with Gasteiger partial charge in [-0.05, 0) is 60.9 Å². The Morgan fingerprint density at radius 3 is 2.50 bits per heavy atom. The summed E-state index contributed by atoms with van der Waals surface area (Å²) in [7, 11) is 0. The maximum Gasteiger partial charge on any atom is 0.266 e. The van der Waals surface area contributed by atoms with Crippen molar-refractivity contribution < 1.29 is 14.3 Å². The molecule has 0 spiro atoms. The first-order valence-electron chi connectivity index (χ1n) is 10.1. The molecule has 3 rings (SSSR count). The van der Waals surface area contributed by atoms with Crippen LogP contribution in [0.25, 0.3) is 6.08 Å². The summed E-state index contributed by atoms with van der Waals surface area (Å²) in [5.74, 6) is 0.356. The topological polar surface area (TPSA) is 71.3 Å². The molecule has 0 unspecified atom stereocenters. The van der Waals surface area contributed by atoms with E-state index in [9.17, 15) is 10.1 Å². The summed E-state index contributed by atoms with van der Waals surface area (Å²) in [6, 6.07) is 22.2. The molecule has 6 heteroatoms. The predicted octanol–water partition coefficient (Wildman–Crippen LogP) is 6.17. The lowest BCUT2D eigenvalue weighted by molar-refractivity contribution is -0.112. The van der Waals surface area contributed by atoms with Crippen LogP contribution in [-0.2, 0) is 11.4 Å². The molecule has 162 valence electrons. The average Bonchev–Trinajstić information content (AvgIpc) is 2.79. The molecule has 0 aliphatic heterocycles. The molecule has 0 aliphatic rings. The minimum atomic E-state index is -0.507. The number of carbonyl (C=O) groups is 1. The Hall–Kier alpha value is -3.75. The summed E-state index contributed by atoms with van der Waals surface area (Å²) in [6.07, 6.45) is 1.47. The molecule has 0 aromatic heterocycles. The number of anilines is 1. The largest absolute Gasteiger partial charge is 0.490 e. The molecule has 3 aromatic carbocycles. The van der Waals surface area contributed by atoms with Gasteiger partial charge in [0.2, 0.25) is 0 Å². The molecule has 0 fully saturated rings. The van der Waals surface area contributed by atoms with Gasteiger partial charge in [-0.15, -0.1) is 0 Å². The van der Waals surface area contributed by atoms with Gasteiger partial charge in [-0.25, -0.2) is 0 Å². The number of benzene rings is 3. The highest BCUT2D eigenvalue weighted by Crippen LogP contribution is 2.38. The molecule has 0 radical (unpaired) electrons. The fourth-order valence-corrected chi connectivity index (χ4v) is 3.31. The number of halogens is 1. The van der Waals surface area contributed by atoms with E-state index in [0.717, 1.165) is 11.1 Å². The van der Waals surface area contributed by atoms with Gasteiger partial charge in [0.05, 0.1) is 11.6 Å². The lowest BCUT2D eigenvalue weighted by atomic mass is 10.1. The molecular formula is C26H23ClN2O3. The monoisotopic (exact) mass is 446 g/mol. The fraction of sp³-hybridized carbons (Fsp3) is 0.154. The molecule has 1 amide bonds. The van der Waals surface area contributed by atoms with E-state index in [1.807, 2.05) is 50.2 Å². The minimum Gasteiger partial charge on any atom is -0.490 e. The number of ether oxygens (including phenoxy) is 2. The molecule has 0 bridgehead atoms. The zero-order valence-corrected chi connectivity index (χ0v) is 18.6. The van der Waals surface area contributed by atoms with Crippen LogP contribution >= 0.6 is 11.6 Å². The highest BCUT2D eigenvalue weighted by atomic mass is 35.5. The summed E-state index contributed by atoms with van der Waals surface area (Å²) in [5, 5.41) is 12.5. The Kier molecular flexibility index (Phi) is 7.91. The van der Waals surface area contributed by atoms with Crippen molar-refractivity contribution in [3.05, 3.63) is 94.0 Å². The van der Waals surface area contributed by atoms with Crippen molar-refractivity contribution in [2.24, 2.45) is 0 Å². The van der Waals surface area contributed by atoms with Crippen LogP contribution in [0.15, 0.2) is 72.3 Å². The van der Waals surface area contributed by atoms with Gasteiger partial charge in [-0.2, -0.15) is 5.26 Å². The lowest BCUT2D eigenvalue weighted by Crippen LogP contribution is -2.13. The number of nitrogens with one attached hydrogen (secondary N) is 1. The predicted molar refractivity (Wildman–Crippen MR) is 127 cm³/mol. The number of para-hydroxylation sites is 1. The Morgan fingerprint density at radius 2 is 1.81 bits per heavy atom. The van der Waals surface area contributed by atoms with Crippen molar-refractivity contribution >= 4 is 29.3 Å². The van der Waals surface area contributed by atoms with E-state index in [1.54, 1.807) is 36.4 Å². The van der Waals surface area contributed by atoms with Crippen LogP contribution in [0.5, 0.6) is 11.5 Å². The molecule has 3 aromatic rings. The molecule has 0 aliphatic carbocycles. The number of aryl methyl sites for hydroxylation is 1. The van der Waals surface area contributed by atoms with Crippen molar-refractivity contribution in [1.82, 2.24) is 0 Å². The van der Waals surface area contributed by atoms with E-state index < -0.39 is 5.91 Å². The van der Waals surface area contributed by atoms with Gasteiger partial charge < -0.3 is 14.8 Å². The lowest BCUT2D eigenvalue weighted by Gasteiger charge is -2.15. The van der Waals surface area contributed by atoms with Crippen LogP contribution < -0.4 is 14.8 Å². The minimum absolute atomic E-state index is 0.0547. The summed E-state index contributed by atoms with van der Waals surface area (Å²) < 4.78 is 11.7. The Morgan fingerprint density at radius 1 is 1.09 bits per heavy atom. The molecule has 32 heavy (non-hydrogen) atoms. The van der Waals surface area contributed by atoms with Crippen LogP contribution in [0.2, 0.25) is 5.02 Å².